The van der Waals surface area contributed by atoms with Crippen LogP contribution in [-0.2, 0) is 6.42 Å². The molecule has 1 N–H and O–H groups in total. The van der Waals surface area contributed by atoms with Crippen LogP contribution in [0.25, 0.3) is 0 Å². The van der Waals surface area contributed by atoms with Crippen molar-refractivity contribution in [3.05, 3.63) is 11.7 Å². The molecule has 0 aliphatic carbocycles. The van der Waals surface area contributed by atoms with Crippen LogP contribution in [0.5, 0.6) is 0 Å². The maximum Gasteiger partial charge on any atom is 0.226 e. The second-order valence-electron chi connectivity index (χ2n) is 4.54. The van der Waals surface area contributed by atoms with Crippen LogP contribution in [0.4, 0.5) is 0 Å². The molecule has 1 aromatic heterocycles. The van der Waals surface area contributed by atoms with Gasteiger partial charge in [-0.25, -0.2) is 0 Å². The molecule has 1 aromatic rings. The van der Waals surface area contributed by atoms with Gasteiger partial charge >= 0.3 is 0 Å². The van der Waals surface area contributed by atoms with Gasteiger partial charge in [-0.15, -0.1) is 11.8 Å². The van der Waals surface area contributed by atoms with Gasteiger partial charge in [-0.05, 0) is 19.8 Å². The van der Waals surface area contributed by atoms with Gasteiger partial charge in [0, 0.05) is 23.2 Å². The lowest BCUT2D eigenvalue weighted by Crippen LogP contribution is -2.19. The van der Waals surface area contributed by atoms with Gasteiger partial charge in [0.1, 0.15) is 0 Å². The number of aliphatic hydroxyl groups excluding tert-OH is 1. The highest BCUT2D eigenvalue weighted by molar-refractivity contribution is 8.06. The first-order chi connectivity index (χ1) is 8.70. The van der Waals surface area contributed by atoms with Crippen LogP contribution < -0.4 is 0 Å². The summed E-state index contributed by atoms with van der Waals surface area (Å²) >= 11 is 3.94. The van der Waals surface area contributed by atoms with Crippen molar-refractivity contribution in [3.63, 3.8) is 0 Å². The predicted octanol–water partition coefficient (Wildman–Crippen LogP) is 2.68. The van der Waals surface area contributed by atoms with Gasteiger partial charge in [-0.1, -0.05) is 12.1 Å². The van der Waals surface area contributed by atoms with Crippen molar-refractivity contribution in [2.45, 2.75) is 49.7 Å². The molecule has 1 fully saturated rings. The standard InChI is InChI=1S/C12H20N2O2S2/c1-3-9-11(18-7-6-17-9)12-13-10(16-14-12)5-4-8(2)15/h8-9,11,15H,3-7H2,1-2H3. The molecule has 3 unspecified atom stereocenters. The summed E-state index contributed by atoms with van der Waals surface area (Å²) < 4.78 is 5.27. The lowest BCUT2D eigenvalue weighted by Gasteiger charge is -2.27. The van der Waals surface area contributed by atoms with Crippen molar-refractivity contribution in [2.75, 3.05) is 11.5 Å². The molecule has 0 aromatic carbocycles. The maximum absolute atomic E-state index is 9.25. The van der Waals surface area contributed by atoms with E-state index < -0.39 is 0 Å². The molecule has 0 radical (unpaired) electrons. The first-order valence-electron chi connectivity index (χ1n) is 6.44. The Kier molecular flexibility index (Phi) is 5.38. The van der Waals surface area contributed by atoms with E-state index in [2.05, 4.69) is 17.1 Å². The van der Waals surface area contributed by atoms with Crippen LogP contribution in [0.3, 0.4) is 0 Å². The lowest BCUT2D eigenvalue weighted by atomic mass is 10.2. The maximum atomic E-state index is 9.25. The molecule has 2 heterocycles. The van der Waals surface area contributed by atoms with Crippen LogP contribution in [0.2, 0.25) is 0 Å². The largest absolute Gasteiger partial charge is 0.393 e. The van der Waals surface area contributed by atoms with Crippen molar-refractivity contribution in [2.24, 2.45) is 0 Å². The Bertz CT molecular complexity index is 371. The molecule has 3 atom stereocenters. The zero-order valence-electron chi connectivity index (χ0n) is 10.8. The fraction of sp³-hybridized carbons (Fsp3) is 0.833. The van der Waals surface area contributed by atoms with E-state index in [0.29, 0.717) is 29.2 Å². The third-order valence-electron chi connectivity index (χ3n) is 2.97. The van der Waals surface area contributed by atoms with Gasteiger partial charge in [0.05, 0.1) is 11.4 Å². The SMILES string of the molecule is CCC1SCCSC1c1noc(CCC(C)O)n1. The third kappa shape index (κ3) is 3.65. The number of hydrogen-bond acceptors (Lipinski definition) is 6. The van der Waals surface area contributed by atoms with Gasteiger partial charge < -0.3 is 9.63 Å². The molecular formula is C12H20N2O2S2. The Balaban J connectivity index is 1.99. The molecule has 0 bridgehead atoms. The van der Waals surface area contributed by atoms with Gasteiger partial charge in [-0.2, -0.15) is 16.7 Å². The smallest absolute Gasteiger partial charge is 0.226 e. The molecule has 0 amide bonds. The Morgan fingerprint density at radius 2 is 2.22 bits per heavy atom. The molecule has 0 saturated carbocycles. The fourth-order valence-electron chi connectivity index (χ4n) is 1.96. The second-order valence-corrected chi connectivity index (χ2v) is 7.14. The molecule has 1 aliphatic heterocycles. The van der Waals surface area contributed by atoms with E-state index in [4.69, 9.17) is 4.52 Å². The van der Waals surface area contributed by atoms with E-state index in [0.717, 1.165) is 18.0 Å². The Morgan fingerprint density at radius 1 is 1.44 bits per heavy atom. The molecule has 0 spiro atoms. The summed E-state index contributed by atoms with van der Waals surface area (Å²) in [5.74, 6) is 3.85. The Hall–Kier alpha value is -0.200. The van der Waals surface area contributed by atoms with Crippen LogP contribution in [0.15, 0.2) is 4.52 Å². The second kappa shape index (κ2) is 6.82. The minimum Gasteiger partial charge on any atom is -0.393 e. The summed E-state index contributed by atoms with van der Waals surface area (Å²) in [6.45, 7) is 3.99. The number of nitrogens with zero attached hydrogens (tertiary/aromatic N) is 2. The number of rotatable bonds is 5. The predicted molar refractivity (Wildman–Crippen MR) is 76.0 cm³/mol. The minimum absolute atomic E-state index is 0.316. The van der Waals surface area contributed by atoms with E-state index in [9.17, 15) is 5.11 Å². The van der Waals surface area contributed by atoms with E-state index in [1.54, 1.807) is 6.92 Å². The minimum atomic E-state index is -0.316. The van der Waals surface area contributed by atoms with Gasteiger partial charge in [0.15, 0.2) is 5.82 Å². The fourth-order valence-corrected chi connectivity index (χ4v) is 4.94. The third-order valence-corrected chi connectivity index (χ3v) is 6.21. The molecule has 1 saturated heterocycles. The summed E-state index contributed by atoms with van der Waals surface area (Å²) in [5.41, 5.74) is 0. The first kappa shape index (κ1) is 14.2. The van der Waals surface area contributed by atoms with Crippen LogP contribution in [0.1, 0.15) is 43.7 Å². The number of aryl methyl sites for hydroxylation is 1. The molecule has 2 rings (SSSR count). The van der Waals surface area contributed by atoms with E-state index in [1.165, 1.54) is 5.75 Å². The van der Waals surface area contributed by atoms with Crippen molar-refractivity contribution < 1.29 is 9.63 Å². The summed E-state index contributed by atoms with van der Waals surface area (Å²) in [6, 6.07) is 0. The molecule has 18 heavy (non-hydrogen) atoms. The Morgan fingerprint density at radius 3 is 2.94 bits per heavy atom. The zero-order chi connectivity index (χ0) is 13.0. The topological polar surface area (TPSA) is 59.2 Å². The molecule has 1 aliphatic rings. The van der Waals surface area contributed by atoms with Crippen molar-refractivity contribution in [3.8, 4) is 0 Å². The van der Waals surface area contributed by atoms with Gasteiger partial charge in [0.25, 0.3) is 0 Å². The quantitative estimate of drug-likeness (QED) is 0.899. The molecule has 4 nitrogen and oxygen atoms in total. The summed E-state index contributed by atoms with van der Waals surface area (Å²) in [6.07, 6.45) is 2.15. The van der Waals surface area contributed by atoms with Crippen molar-refractivity contribution in [1.29, 1.82) is 0 Å². The Labute approximate surface area is 116 Å². The average Bonchev–Trinajstić information content (AvgIpc) is 2.85. The van der Waals surface area contributed by atoms with Gasteiger partial charge in [-0.3, -0.25) is 0 Å². The van der Waals surface area contributed by atoms with E-state index in [-0.39, 0.29) is 6.10 Å². The number of thioether (sulfide) groups is 2. The van der Waals surface area contributed by atoms with Crippen LogP contribution >= 0.6 is 23.5 Å². The summed E-state index contributed by atoms with van der Waals surface area (Å²) in [7, 11) is 0. The molecule has 6 heteroatoms. The van der Waals surface area contributed by atoms with E-state index in [1.807, 2.05) is 23.5 Å². The average molecular weight is 288 g/mol. The van der Waals surface area contributed by atoms with Crippen LogP contribution in [0, 0.1) is 0 Å². The highest BCUT2D eigenvalue weighted by atomic mass is 32.2. The zero-order valence-corrected chi connectivity index (χ0v) is 12.5. The van der Waals surface area contributed by atoms with Crippen molar-refractivity contribution in [1.82, 2.24) is 10.1 Å². The van der Waals surface area contributed by atoms with E-state index >= 15 is 0 Å². The monoisotopic (exact) mass is 288 g/mol. The highest BCUT2D eigenvalue weighted by Gasteiger charge is 2.30. The summed E-state index contributed by atoms with van der Waals surface area (Å²) in [5, 5.41) is 14.3. The van der Waals surface area contributed by atoms with Crippen LogP contribution in [-0.4, -0.2) is 38.1 Å². The number of aliphatic hydroxyl groups is 1. The van der Waals surface area contributed by atoms with Crippen molar-refractivity contribution >= 4 is 23.5 Å². The molecule has 102 valence electrons. The normalized spacial score (nSPS) is 26.2. The lowest BCUT2D eigenvalue weighted by molar-refractivity contribution is 0.180. The molecular weight excluding hydrogens is 268 g/mol. The highest BCUT2D eigenvalue weighted by Crippen LogP contribution is 2.42. The first-order valence-corrected chi connectivity index (χ1v) is 8.54. The number of aromatic nitrogens is 2. The number of hydrogen-bond donors (Lipinski definition) is 1. The van der Waals surface area contributed by atoms with Gasteiger partial charge in [0.2, 0.25) is 5.89 Å². The summed E-state index contributed by atoms with van der Waals surface area (Å²) in [4.78, 5) is 4.48.